The van der Waals surface area contributed by atoms with Crippen LogP contribution in [0.1, 0.15) is 13.3 Å². The van der Waals surface area contributed by atoms with Gasteiger partial charge >= 0.3 is 0 Å². The summed E-state index contributed by atoms with van der Waals surface area (Å²) in [5.41, 5.74) is 0. The monoisotopic (exact) mass is 403 g/mol. The normalized spacial score (nSPS) is 15.2. The summed E-state index contributed by atoms with van der Waals surface area (Å²) in [6, 6.07) is 5.24. The zero-order valence-electron chi connectivity index (χ0n) is 14.3. The average molecular weight is 404 g/mol. The molecule has 1 aliphatic rings. The largest absolute Gasteiger partial charge is 0.355 e. The molecule has 0 spiro atoms. The maximum atomic E-state index is 12.4. The molecule has 0 aliphatic carbocycles. The zero-order valence-corrected chi connectivity index (χ0v) is 16.6. The summed E-state index contributed by atoms with van der Waals surface area (Å²) in [5, 5.41) is 4.08. The fourth-order valence-corrected chi connectivity index (χ4v) is 3.89. The van der Waals surface area contributed by atoms with Gasteiger partial charge in [-0.15, -0.1) is 11.8 Å². The van der Waals surface area contributed by atoms with E-state index in [4.69, 9.17) is 23.2 Å². The van der Waals surface area contributed by atoms with Crippen molar-refractivity contribution in [2.75, 3.05) is 45.0 Å². The van der Waals surface area contributed by atoms with Crippen LogP contribution >= 0.6 is 35.0 Å². The van der Waals surface area contributed by atoms with Gasteiger partial charge in [0.15, 0.2) is 0 Å². The molecule has 138 valence electrons. The third-order valence-corrected chi connectivity index (χ3v) is 5.63. The number of thioether (sulfide) groups is 1. The molecule has 1 aromatic rings. The Morgan fingerprint density at radius 1 is 1.20 bits per heavy atom. The highest BCUT2D eigenvalue weighted by atomic mass is 35.5. The van der Waals surface area contributed by atoms with Crippen molar-refractivity contribution in [2.45, 2.75) is 18.2 Å². The lowest BCUT2D eigenvalue weighted by Crippen LogP contribution is -2.51. The van der Waals surface area contributed by atoms with E-state index in [9.17, 15) is 9.59 Å². The topological polar surface area (TPSA) is 52.7 Å². The Hall–Kier alpha value is -0.950. The lowest BCUT2D eigenvalue weighted by atomic mass is 10.3. The van der Waals surface area contributed by atoms with Gasteiger partial charge in [0.25, 0.3) is 0 Å². The van der Waals surface area contributed by atoms with Crippen molar-refractivity contribution in [3.8, 4) is 0 Å². The SMILES string of the molecule is CCCNC(=O)CN1CCN(C(=O)CSc2cc(Cl)ccc2Cl)CC1. The zero-order chi connectivity index (χ0) is 18.2. The van der Waals surface area contributed by atoms with Crippen LogP contribution in [0.2, 0.25) is 10.0 Å². The van der Waals surface area contributed by atoms with Gasteiger partial charge in [0.2, 0.25) is 11.8 Å². The van der Waals surface area contributed by atoms with Crippen molar-refractivity contribution < 1.29 is 9.59 Å². The number of hydrogen-bond donors (Lipinski definition) is 1. The highest BCUT2D eigenvalue weighted by Gasteiger charge is 2.22. The number of amides is 2. The van der Waals surface area contributed by atoms with E-state index < -0.39 is 0 Å². The first-order chi connectivity index (χ1) is 12.0. The van der Waals surface area contributed by atoms with E-state index in [0.29, 0.717) is 55.1 Å². The summed E-state index contributed by atoms with van der Waals surface area (Å²) >= 11 is 13.5. The molecule has 1 saturated heterocycles. The Labute approximate surface area is 163 Å². The molecule has 1 aromatic carbocycles. The molecule has 0 saturated carbocycles. The second-order valence-electron chi connectivity index (χ2n) is 5.87. The van der Waals surface area contributed by atoms with Crippen LogP contribution in [0.25, 0.3) is 0 Å². The van der Waals surface area contributed by atoms with Crippen molar-refractivity contribution in [2.24, 2.45) is 0 Å². The van der Waals surface area contributed by atoms with Crippen LogP contribution in [0.15, 0.2) is 23.1 Å². The van der Waals surface area contributed by atoms with E-state index in [-0.39, 0.29) is 11.8 Å². The van der Waals surface area contributed by atoms with E-state index in [1.165, 1.54) is 11.8 Å². The Morgan fingerprint density at radius 3 is 2.60 bits per heavy atom. The van der Waals surface area contributed by atoms with Gasteiger partial charge < -0.3 is 10.2 Å². The Balaban J connectivity index is 1.74. The predicted octanol–water partition coefficient (Wildman–Crippen LogP) is 2.76. The summed E-state index contributed by atoms with van der Waals surface area (Å²) in [7, 11) is 0. The molecule has 0 aromatic heterocycles. The number of carbonyl (C=O) groups is 2. The Morgan fingerprint density at radius 2 is 1.92 bits per heavy atom. The molecule has 1 aliphatic heterocycles. The van der Waals surface area contributed by atoms with Crippen LogP contribution in [-0.4, -0.2) is 66.6 Å². The van der Waals surface area contributed by atoms with Gasteiger partial charge in [0.05, 0.1) is 17.3 Å². The summed E-state index contributed by atoms with van der Waals surface area (Å²) in [5.74, 6) is 0.459. The van der Waals surface area contributed by atoms with Crippen LogP contribution in [0.4, 0.5) is 0 Å². The minimum Gasteiger partial charge on any atom is -0.355 e. The van der Waals surface area contributed by atoms with Gasteiger partial charge in [-0.25, -0.2) is 0 Å². The fourth-order valence-electron chi connectivity index (χ4n) is 2.50. The molecule has 0 radical (unpaired) electrons. The van der Waals surface area contributed by atoms with Gasteiger partial charge in [0.1, 0.15) is 0 Å². The molecular weight excluding hydrogens is 381 g/mol. The lowest BCUT2D eigenvalue weighted by Gasteiger charge is -2.34. The maximum absolute atomic E-state index is 12.4. The fraction of sp³-hybridized carbons (Fsp3) is 0.529. The Kier molecular flexibility index (Phi) is 8.36. The van der Waals surface area contributed by atoms with E-state index >= 15 is 0 Å². The third-order valence-electron chi connectivity index (χ3n) is 3.91. The van der Waals surface area contributed by atoms with Crippen molar-refractivity contribution in [3.63, 3.8) is 0 Å². The minimum atomic E-state index is 0.0489. The number of hydrogen-bond acceptors (Lipinski definition) is 4. The molecule has 2 rings (SSSR count). The number of carbonyl (C=O) groups excluding carboxylic acids is 2. The van der Waals surface area contributed by atoms with Gasteiger partial charge in [-0.1, -0.05) is 30.1 Å². The van der Waals surface area contributed by atoms with Gasteiger partial charge in [-0.05, 0) is 24.6 Å². The molecule has 1 fully saturated rings. The van der Waals surface area contributed by atoms with Crippen LogP contribution in [-0.2, 0) is 9.59 Å². The Bertz CT molecular complexity index is 608. The summed E-state index contributed by atoms with van der Waals surface area (Å²) < 4.78 is 0. The lowest BCUT2D eigenvalue weighted by molar-refractivity contribution is -0.130. The molecule has 1 heterocycles. The quantitative estimate of drug-likeness (QED) is 0.711. The number of halogens is 2. The average Bonchev–Trinajstić information content (AvgIpc) is 2.61. The maximum Gasteiger partial charge on any atom is 0.234 e. The summed E-state index contributed by atoms with van der Waals surface area (Å²) in [6.45, 7) is 5.85. The van der Waals surface area contributed by atoms with E-state index in [1.54, 1.807) is 18.2 Å². The minimum absolute atomic E-state index is 0.0489. The first-order valence-electron chi connectivity index (χ1n) is 8.34. The molecule has 25 heavy (non-hydrogen) atoms. The molecule has 1 N–H and O–H groups in total. The number of nitrogens with one attached hydrogen (secondary N) is 1. The first kappa shape index (κ1) is 20.4. The second-order valence-corrected chi connectivity index (χ2v) is 7.73. The van der Waals surface area contributed by atoms with E-state index in [2.05, 4.69) is 10.2 Å². The summed E-state index contributed by atoms with van der Waals surface area (Å²) in [6.07, 6.45) is 0.933. The molecule has 5 nitrogen and oxygen atoms in total. The van der Waals surface area contributed by atoms with Crippen LogP contribution in [0.5, 0.6) is 0 Å². The predicted molar refractivity (Wildman–Crippen MR) is 104 cm³/mol. The van der Waals surface area contributed by atoms with E-state index in [1.807, 2.05) is 11.8 Å². The molecular formula is C17H23Cl2N3O2S. The number of piperazine rings is 1. The first-order valence-corrected chi connectivity index (χ1v) is 10.1. The number of benzene rings is 1. The molecule has 0 bridgehead atoms. The van der Waals surface area contributed by atoms with Gasteiger partial charge in [-0.2, -0.15) is 0 Å². The van der Waals surface area contributed by atoms with Crippen molar-refractivity contribution in [1.29, 1.82) is 0 Å². The van der Waals surface area contributed by atoms with Crippen LogP contribution in [0.3, 0.4) is 0 Å². The molecule has 2 amide bonds. The number of nitrogens with zero attached hydrogens (tertiary/aromatic N) is 2. The molecule has 0 unspecified atom stereocenters. The van der Waals surface area contributed by atoms with Crippen molar-refractivity contribution >= 4 is 46.8 Å². The third kappa shape index (κ3) is 6.70. The van der Waals surface area contributed by atoms with Crippen molar-refractivity contribution in [1.82, 2.24) is 15.1 Å². The highest BCUT2D eigenvalue weighted by molar-refractivity contribution is 8.00. The van der Waals surface area contributed by atoms with Crippen molar-refractivity contribution in [3.05, 3.63) is 28.2 Å². The molecule has 8 heteroatoms. The van der Waals surface area contributed by atoms with E-state index in [0.717, 1.165) is 11.3 Å². The van der Waals surface area contributed by atoms with Crippen LogP contribution in [0, 0.1) is 0 Å². The highest BCUT2D eigenvalue weighted by Crippen LogP contribution is 2.30. The van der Waals surface area contributed by atoms with Gasteiger partial charge in [0, 0.05) is 42.6 Å². The second kappa shape index (κ2) is 10.3. The standard InChI is InChI=1S/C17H23Cl2N3O2S/c1-2-5-20-16(23)11-21-6-8-22(9-7-21)17(24)12-25-15-10-13(18)3-4-14(15)19/h3-4,10H,2,5-9,11-12H2,1H3,(H,20,23). The van der Waals surface area contributed by atoms with Crippen LogP contribution < -0.4 is 5.32 Å². The molecule has 0 atom stereocenters. The smallest absolute Gasteiger partial charge is 0.234 e. The number of rotatable bonds is 7. The van der Waals surface area contributed by atoms with Gasteiger partial charge in [-0.3, -0.25) is 14.5 Å². The summed E-state index contributed by atoms with van der Waals surface area (Å²) in [4.78, 5) is 28.8.